The van der Waals surface area contributed by atoms with Crippen molar-refractivity contribution in [3.8, 4) is 0 Å². The Morgan fingerprint density at radius 3 is 2.05 bits per heavy atom. The summed E-state index contributed by atoms with van der Waals surface area (Å²) in [6, 6.07) is 0. The minimum Gasteiger partial charge on any atom is -0.479 e. The molecule has 0 spiro atoms. The van der Waals surface area contributed by atoms with Crippen LogP contribution >= 0.6 is 0 Å². The third-order valence-electron chi connectivity index (χ3n) is 18.9. The lowest BCUT2D eigenvalue weighted by Crippen LogP contribution is -2.67. The van der Waals surface area contributed by atoms with E-state index in [9.17, 15) is 60.7 Å². The number of hydrogen-bond donors (Lipinski definition) is 10. The van der Waals surface area contributed by atoms with Gasteiger partial charge in [-0.1, -0.05) is 60.1 Å². The van der Waals surface area contributed by atoms with Crippen molar-refractivity contribution in [2.24, 2.45) is 50.2 Å². The molecule has 65 heavy (non-hydrogen) atoms. The molecule has 18 nitrogen and oxygen atoms in total. The molecule has 4 saturated carbocycles. The monoisotopic (exact) mass is 926 g/mol. The summed E-state index contributed by atoms with van der Waals surface area (Å²) in [4.78, 5) is 27.2. The van der Waals surface area contributed by atoms with E-state index < -0.39 is 128 Å². The van der Waals surface area contributed by atoms with E-state index in [1.54, 1.807) is 0 Å². The lowest BCUT2D eigenvalue weighted by molar-refractivity contribution is -0.354. The second kappa shape index (κ2) is 17.2. The molecular weight excluding hydrogens is 852 g/mol. The number of aliphatic hydroxyl groups excluding tert-OH is 9. The van der Waals surface area contributed by atoms with E-state index in [1.165, 1.54) is 5.57 Å². The first-order valence-corrected chi connectivity index (χ1v) is 23.7. The molecule has 18 heteroatoms. The smallest absolute Gasteiger partial charge is 0.335 e. The van der Waals surface area contributed by atoms with E-state index in [0.717, 1.165) is 44.9 Å². The average molecular weight is 927 g/mol. The Balaban J connectivity index is 1.01. The first-order chi connectivity index (χ1) is 30.3. The van der Waals surface area contributed by atoms with Gasteiger partial charge in [-0.15, -0.1) is 0 Å². The summed E-state index contributed by atoms with van der Waals surface area (Å²) in [7, 11) is 0. The van der Waals surface area contributed by atoms with E-state index >= 15 is 0 Å². The quantitative estimate of drug-likeness (QED) is 0.0918. The molecule has 8 aliphatic rings. The van der Waals surface area contributed by atoms with Gasteiger partial charge in [0.15, 0.2) is 18.7 Å². The summed E-state index contributed by atoms with van der Waals surface area (Å²) in [6.07, 6.45) is -13.6. The van der Waals surface area contributed by atoms with E-state index in [1.807, 2.05) is 0 Å². The number of ether oxygens (including phenoxy) is 6. The van der Waals surface area contributed by atoms with E-state index in [-0.39, 0.29) is 39.4 Å². The van der Waals surface area contributed by atoms with Crippen LogP contribution in [0.1, 0.15) is 113 Å². The number of aliphatic hydroxyl groups is 9. The number of carboxylic acid groups (broad SMARTS) is 1. The molecule has 3 heterocycles. The van der Waals surface area contributed by atoms with Crippen LogP contribution in [-0.2, 0) is 38.0 Å². The molecule has 0 aromatic rings. The number of esters is 1. The molecule has 0 amide bonds. The number of carbonyl (C=O) groups is 2. The third kappa shape index (κ3) is 7.76. The molecule has 7 fully saturated rings. The van der Waals surface area contributed by atoms with Gasteiger partial charge in [-0.05, 0) is 109 Å². The van der Waals surface area contributed by atoms with Crippen LogP contribution < -0.4 is 0 Å². The van der Waals surface area contributed by atoms with Crippen molar-refractivity contribution >= 4 is 11.9 Å². The number of rotatable bonds is 8. The minimum absolute atomic E-state index is 0.0646. The molecule has 3 saturated heterocycles. The van der Waals surface area contributed by atoms with Crippen LogP contribution in [0.5, 0.6) is 0 Å². The number of hydrogen-bond acceptors (Lipinski definition) is 17. The van der Waals surface area contributed by atoms with E-state index in [4.69, 9.17) is 28.4 Å². The van der Waals surface area contributed by atoms with Gasteiger partial charge in [-0.3, -0.25) is 4.79 Å². The molecule has 0 bridgehead atoms. The Labute approximate surface area is 380 Å². The molecular formula is C47H74O18. The Morgan fingerprint density at radius 1 is 0.708 bits per heavy atom. The maximum atomic E-state index is 14.6. The van der Waals surface area contributed by atoms with Crippen LogP contribution in [0.2, 0.25) is 0 Å². The largest absolute Gasteiger partial charge is 0.479 e. The highest BCUT2D eigenvalue weighted by molar-refractivity contribution is 5.79. The Kier molecular flexibility index (Phi) is 13.1. The van der Waals surface area contributed by atoms with Crippen LogP contribution in [-0.4, -0.2) is 168 Å². The van der Waals surface area contributed by atoms with Crippen molar-refractivity contribution in [2.45, 2.75) is 205 Å². The van der Waals surface area contributed by atoms with Crippen LogP contribution in [0, 0.1) is 50.2 Å². The van der Waals surface area contributed by atoms with E-state index in [2.05, 4.69) is 54.5 Å². The number of carboxylic acids is 1. The second-order valence-corrected chi connectivity index (χ2v) is 23.1. The van der Waals surface area contributed by atoms with Crippen molar-refractivity contribution in [1.82, 2.24) is 0 Å². The van der Waals surface area contributed by atoms with Crippen LogP contribution in [0.4, 0.5) is 0 Å². The molecule has 8 rings (SSSR count). The molecule has 0 radical (unpaired) electrons. The van der Waals surface area contributed by atoms with Crippen molar-refractivity contribution in [2.75, 3.05) is 13.2 Å². The average Bonchev–Trinajstić information content (AvgIpc) is 3.24. The standard InChI is InChI=1S/C47H74O18/c1-42(2)14-16-47(41(59)65-39-33(55)30(52)29(51)24(19-48)61-39)17-15-45(6)21(22(47)18-42)8-9-26-44(5)12-11-27(43(3,4)25(44)10-13-46(26,45)7)62-40-34(56)31(53)35(36(64-40)37(57)58)63-38-32(54)28(50)23(49)20-60-38/h8,22-36,38-40,48-56H,9-20H2,1-7H3,(H,57,58)/t22-,23+,24+,25-,26+,27-,28-,29+,30-,31+,32+,33+,34+,35-,36-,38-,39+,40+,44-,45+,46+,47-/m0/s1. The van der Waals surface area contributed by atoms with Crippen molar-refractivity contribution in [1.29, 1.82) is 0 Å². The fraction of sp³-hybridized carbons (Fsp3) is 0.915. The molecule has 370 valence electrons. The lowest BCUT2D eigenvalue weighted by atomic mass is 9.33. The molecule has 5 aliphatic carbocycles. The van der Waals surface area contributed by atoms with Crippen molar-refractivity contribution in [3.63, 3.8) is 0 Å². The first-order valence-electron chi connectivity index (χ1n) is 23.7. The van der Waals surface area contributed by atoms with Crippen LogP contribution in [0.25, 0.3) is 0 Å². The van der Waals surface area contributed by atoms with Gasteiger partial charge in [0.1, 0.15) is 61.0 Å². The van der Waals surface area contributed by atoms with E-state index in [0.29, 0.717) is 19.3 Å². The predicted octanol–water partition coefficient (Wildman–Crippen LogP) is 0.872. The van der Waals surface area contributed by atoms with Gasteiger partial charge in [0.25, 0.3) is 0 Å². The van der Waals surface area contributed by atoms with Crippen LogP contribution in [0.3, 0.4) is 0 Å². The van der Waals surface area contributed by atoms with Gasteiger partial charge in [-0.2, -0.15) is 0 Å². The van der Waals surface area contributed by atoms with Crippen LogP contribution in [0.15, 0.2) is 11.6 Å². The molecule has 0 aromatic carbocycles. The summed E-state index contributed by atoms with van der Waals surface area (Å²) in [5.74, 6) is -1.77. The van der Waals surface area contributed by atoms with Gasteiger partial charge in [-0.25, -0.2) is 4.79 Å². The number of aliphatic carboxylic acids is 1. The summed E-state index contributed by atoms with van der Waals surface area (Å²) in [5, 5.41) is 105. The molecule has 10 N–H and O–H groups in total. The SMILES string of the molecule is CC1(C)CC[C@]2(C(=O)O[C@H]3O[C@H](CO)[C@@H](O)[C@H](O)[C@H]3O)CC[C@]3(C)C(=CC[C@@H]4[C@@]5(C)CC[C@H](O[C@@H]6O[C@H](C(=O)O)[C@@H](O[C@@H]7OC[C@@H](O)[C@H](O)[C@H]7O)[C@H](O)[C@H]6O)C(C)(C)[C@@H]5CC[C@]43C)[C@@H]2C1. The topological polar surface area (TPSA) is 292 Å². The number of fused-ring (bicyclic) bond motifs is 7. The summed E-state index contributed by atoms with van der Waals surface area (Å²) < 4.78 is 34.9. The lowest BCUT2D eigenvalue weighted by Gasteiger charge is -2.71. The first kappa shape index (κ1) is 49.5. The number of carbonyl (C=O) groups excluding carboxylic acids is 1. The maximum Gasteiger partial charge on any atom is 0.335 e. The normalized spacial score (nSPS) is 52.7. The predicted molar refractivity (Wildman–Crippen MR) is 225 cm³/mol. The van der Waals surface area contributed by atoms with Crippen molar-refractivity contribution in [3.05, 3.63) is 11.6 Å². The third-order valence-corrected chi connectivity index (χ3v) is 18.9. The minimum atomic E-state index is -1.84. The summed E-state index contributed by atoms with van der Waals surface area (Å²) in [5.41, 5.74) is -0.801. The molecule has 0 unspecified atom stereocenters. The Hall–Kier alpha value is -1.88. The second-order valence-electron chi connectivity index (χ2n) is 23.1. The molecule has 0 aromatic heterocycles. The summed E-state index contributed by atoms with van der Waals surface area (Å²) >= 11 is 0. The Bertz CT molecular complexity index is 1820. The van der Waals surface area contributed by atoms with Crippen molar-refractivity contribution < 1.29 is 89.1 Å². The molecule has 22 atom stereocenters. The fourth-order valence-corrected chi connectivity index (χ4v) is 14.7. The van der Waals surface area contributed by atoms with Gasteiger partial charge in [0, 0.05) is 0 Å². The maximum absolute atomic E-state index is 14.6. The zero-order chi connectivity index (χ0) is 47.6. The highest BCUT2D eigenvalue weighted by atomic mass is 16.7. The van der Waals surface area contributed by atoms with Gasteiger partial charge < -0.3 is 79.5 Å². The molecule has 3 aliphatic heterocycles. The van der Waals surface area contributed by atoms with Gasteiger partial charge >= 0.3 is 11.9 Å². The Morgan fingerprint density at radius 2 is 1.37 bits per heavy atom. The highest BCUT2D eigenvalue weighted by Crippen LogP contribution is 2.76. The zero-order valence-corrected chi connectivity index (χ0v) is 38.7. The highest BCUT2D eigenvalue weighted by Gasteiger charge is 2.70. The fourth-order valence-electron chi connectivity index (χ4n) is 14.7. The number of allylic oxidation sites excluding steroid dienone is 2. The van der Waals surface area contributed by atoms with Gasteiger partial charge in [0.2, 0.25) is 6.29 Å². The van der Waals surface area contributed by atoms with Gasteiger partial charge in [0.05, 0.1) is 24.7 Å². The zero-order valence-electron chi connectivity index (χ0n) is 38.7. The summed E-state index contributed by atoms with van der Waals surface area (Å²) in [6.45, 7) is 14.9.